The lowest BCUT2D eigenvalue weighted by Crippen LogP contribution is -2.27. The molecule has 0 fully saturated rings. The summed E-state index contributed by atoms with van der Waals surface area (Å²) in [5.74, 6) is 0. The SMILES string of the molecule is COCCC/C(=N\[S+]([O-])C(C)(C)C)c1cccc(Br)n1. The molecular formula is C14H21BrN2O2S. The van der Waals surface area contributed by atoms with Gasteiger partial charge in [0.1, 0.15) is 26.4 Å². The van der Waals surface area contributed by atoms with Gasteiger partial charge in [0.15, 0.2) is 0 Å². The molecule has 0 amide bonds. The molecular weight excluding hydrogens is 340 g/mol. The number of hydrogen-bond acceptors (Lipinski definition) is 4. The number of ether oxygens (including phenoxy) is 1. The maximum atomic E-state index is 12.2. The summed E-state index contributed by atoms with van der Waals surface area (Å²) in [6, 6.07) is 5.64. The summed E-state index contributed by atoms with van der Waals surface area (Å²) in [5.41, 5.74) is 1.52. The van der Waals surface area contributed by atoms with E-state index in [9.17, 15) is 4.55 Å². The van der Waals surface area contributed by atoms with E-state index >= 15 is 0 Å². The van der Waals surface area contributed by atoms with Crippen molar-refractivity contribution in [1.29, 1.82) is 0 Å². The molecule has 1 rings (SSSR count). The molecule has 0 N–H and O–H groups in total. The summed E-state index contributed by atoms with van der Waals surface area (Å²) < 4.78 is 22.0. The van der Waals surface area contributed by atoms with Crippen LogP contribution in [0.4, 0.5) is 0 Å². The predicted molar refractivity (Wildman–Crippen MR) is 87.5 cm³/mol. The Bertz CT molecular complexity index is 461. The maximum absolute atomic E-state index is 12.2. The molecule has 0 radical (unpaired) electrons. The Labute approximate surface area is 132 Å². The van der Waals surface area contributed by atoms with Crippen molar-refractivity contribution in [2.45, 2.75) is 38.4 Å². The second-order valence-corrected chi connectivity index (χ2v) is 8.06. The number of hydrogen-bond donors (Lipinski definition) is 0. The smallest absolute Gasteiger partial charge is 0.144 e. The van der Waals surface area contributed by atoms with Crippen LogP contribution in [0.3, 0.4) is 0 Å². The Morgan fingerprint density at radius 3 is 2.70 bits per heavy atom. The first kappa shape index (κ1) is 17.6. The predicted octanol–water partition coefficient (Wildman–Crippen LogP) is 3.52. The molecule has 4 nitrogen and oxygen atoms in total. The van der Waals surface area contributed by atoms with Crippen molar-refractivity contribution >= 4 is 33.0 Å². The molecule has 20 heavy (non-hydrogen) atoms. The van der Waals surface area contributed by atoms with Crippen molar-refractivity contribution in [1.82, 2.24) is 4.98 Å². The van der Waals surface area contributed by atoms with Crippen molar-refractivity contribution in [3.8, 4) is 0 Å². The first-order valence-electron chi connectivity index (χ1n) is 6.46. The van der Waals surface area contributed by atoms with Gasteiger partial charge in [0, 0.05) is 13.7 Å². The van der Waals surface area contributed by atoms with E-state index < -0.39 is 11.4 Å². The second-order valence-electron chi connectivity index (χ2n) is 5.34. The first-order valence-corrected chi connectivity index (χ1v) is 8.36. The normalized spacial score (nSPS) is 14.4. The minimum atomic E-state index is -1.29. The zero-order valence-corrected chi connectivity index (χ0v) is 14.8. The number of aromatic nitrogens is 1. The fourth-order valence-electron chi connectivity index (χ4n) is 1.41. The second kappa shape index (κ2) is 8.12. The lowest BCUT2D eigenvalue weighted by atomic mass is 10.1. The highest BCUT2D eigenvalue weighted by molar-refractivity contribution is 9.10. The van der Waals surface area contributed by atoms with Crippen LogP contribution in [0.1, 0.15) is 39.3 Å². The van der Waals surface area contributed by atoms with Crippen molar-refractivity contribution < 1.29 is 9.29 Å². The molecule has 0 bridgehead atoms. The monoisotopic (exact) mass is 360 g/mol. The first-order chi connectivity index (χ1) is 9.34. The zero-order valence-electron chi connectivity index (χ0n) is 12.4. The Kier molecular flexibility index (Phi) is 7.15. The van der Waals surface area contributed by atoms with E-state index in [-0.39, 0.29) is 4.75 Å². The number of rotatable bonds is 6. The lowest BCUT2D eigenvalue weighted by molar-refractivity contribution is 0.197. The third-order valence-electron chi connectivity index (χ3n) is 2.49. The highest BCUT2D eigenvalue weighted by Gasteiger charge is 2.27. The van der Waals surface area contributed by atoms with Gasteiger partial charge in [-0.15, -0.1) is 0 Å². The van der Waals surface area contributed by atoms with Crippen LogP contribution in [-0.4, -0.2) is 33.7 Å². The molecule has 0 aliphatic carbocycles. The standard InChI is InChI=1S/C14H21BrN2O2S/c1-14(2,3)20(18)17-12(8-6-10-19-4)11-7-5-9-13(15)16-11/h5,7,9H,6,8,10H2,1-4H3/b17-12+. The van der Waals surface area contributed by atoms with Crippen LogP contribution in [0, 0.1) is 0 Å². The van der Waals surface area contributed by atoms with Crippen molar-refractivity contribution in [3.05, 3.63) is 28.5 Å². The number of methoxy groups -OCH3 is 1. The Hall–Kier alpha value is -0.430. The summed E-state index contributed by atoms with van der Waals surface area (Å²) in [4.78, 5) is 4.40. The van der Waals surface area contributed by atoms with Crippen molar-refractivity contribution in [2.24, 2.45) is 4.40 Å². The minimum Gasteiger partial charge on any atom is -0.591 e. The summed E-state index contributed by atoms with van der Waals surface area (Å²) in [7, 11) is 1.67. The third-order valence-corrected chi connectivity index (χ3v) is 4.37. The lowest BCUT2D eigenvalue weighted by Gasteiger charge is -2.19. The van der Waals surface area contributed by atoms with Crippen LogP contribution in [0.25, 0.3) is 0 Å². The largest absolute Gasteiger partial charge is 0.591 e. The van der Waals surface area contributed by atoms with Crippen LogP contribution >= 0.6 is 15.9 Å². The minimum absolute atomic E-state index is 0.376. The molecule has 1 atom stereocenters. The Morgan fingerprint density at radius 2 is 2.15 bits per heavy atom. The van der Waals surface area contributed by atoms with Gasteiger partial charge in [0.2, 0.25) is 0 Å². The van der Waals surface area contributed by atoms with Gasteiger partial charge in [-0.3, -0.25) is 0 Å². The average Bonchev–Trinajstić information content (AvgIpc) is 2.36. The summed E-state index contributed by atoms with van der Waals surface area (Å²) in [5, 5.41) is 0. The van der Waals surface area contributed by atoms with Crippen molar-refractivity contribution in [3.63, 3.8) is 0 Å². The van der Waals surface area contributed by atoms with E-state index in [0.717, 1.165) is 22.4 Å². The molecule has 0 aliphatic rings. The van der Waals surface area contributed by atoms with Crippen LogP contribution in [-0.2, 0) is 16.1 Å². The molecule has 1 heterocycles. The van der Waals surface area contributed by atoms with E-state index in [4.69, 9.17) is 4.74 Å². The van der Waals surface area contributed by atoms with Crippen molar-refractivity contribution in [2.75, 3.05) is 13.7 Å². The molecule has 0 saturated carbocycles. The number of nitrogens with zero attached hydrogens (tertiary/aromatic N) is 2. The van der Waals surface area contributed by atoms with E-state index in [2.05, 4.69) is 25.3 Å². The van der Waals surface area contributed by atoms with E-state index in [1.165, 1.54) is 0 Å². The van der Waals surface area contributed by atoms with E-state index in [1.54, 1.807) is 7.11 Å². The summed E-state index contributed by atoms with van der Waals surface area (Å²) in [6.07, 6.45) is 1.52. The third kappa shape index (κ3) is 5.91. The summed E-state index contributed by atoms with van der Waals surface area (Å²) >= 11 is 2.06. The highest BCUT2D eigenvalue weighted by atomic mass is 79.9. The number of halogens is 1. The molecule has 6 heteroatoms. The van der Waals surface area contributed by atoms with Crippen LogP contribution in [0.2, 0.25) is 0 Å². The molecule has 1 aromatic heterocycles. The van der Waals surface area contributed by atoms with Gasteiger partial charge in [-0.25, -0.2) is 4.98 Å². The van der Waals surface area contributed by atoms with E-state index in [0.29, 0.717) is 13.0 Å². The van der Waals surface area contributed by atoms with Gasteiger partial charge in [0.05, 0.1) is 5.69 Å². The van der Waals surface area contributed by atoms with Gasteiger partial charge in [-0.05, 0) is 61.7 Å². The maximum Gasteiger partial charge on any atom is 0.144 e. The zero-order chi connectivity index (χ0) is 15.2. The average molecular weight is 361 g/mol. The summed E-state index contributed by atoms with van der Waals surface area (Å²) in [6.45, 7) is 6.38. The van der Waals surface area contributed by atoms with Gasteiger partial charge < -0.3 is 9.29 Å². The molecule has 1 unspecified atom stereocenters. The Balaban J connectivity index is 2.99. The molecule has 112 valence electrons. The fraction of sp³-hybridized carbons (Fsp3) is 0.571. The van der Waals surface area contributed by atoms with Gasteiger partial charge in [-0.2, -0.15) is 0 Å². The molecule has 0 aliphatic heterocycles. The van der Waals surface area contributed by atoms with Crippen LogP contribution < -0.4 is 0 Å². The molecule has 1 aromatic rings. The Morgan fingerprint density at radius 1 is 1.45 bits per heavy atom. The molecule has 0 aromatic carbocycles. The van der Waals surface area contributed by atoms with E-state index in [1.807, 2.05) is 39.0 Å². The number of pyridine rings is 1. The van der Waals surface area contributed by atoms with Crippen LogP contribution in [0.5, 0.6) is 0 Å². The van der Waals surface area contributed by atoms with Gasteiger partial charge in [0.25, 0.3) is 0 Å². The fourth-order valence-corrected chi connectivity index (χ4v) is 2.41. The molecule has 0 saturated heterocycles. The quantitative estimate of drug-likeness (QED) is 0.337. The van der Waals surface area contributed by atoms with Gasteiger partial charge >= 0.3 is 0 Å². The molecule has 0 spiro atoms. The topological polar surface area (TPSA) is 57.5 Å². The van der Waals surface area contributed by atoms with Gasteiger partial charge in [-0.1, -0.05) is 10.5 Å². The van der Waals surface area contributed by atoms with Crippen LogP contribution in [0.15, 0.2) is 27.2 Å². The highest BCUT2D eigenvalue weighted by Crippen LogP contribution is 2.19.